The summed E-state index contributed by atoms with van der Waals surface area (Å²) in [4.78, 5) is 8.77. The number of nitrogens with one attached hydrogen (secondary N) is 1. The summed E-state index contributed by atoms with van der Waals surface area (Å²) < 4.78 is 0.855. The molecule has 0 radical (unpaired) electrons. The Kier molecular flexibility index (Phi) is 3.93. The van der Waals surface area contributed by atoms with Gasteiger partial charge in [0.05, 0.1) is 0 Å². The van der Waals surface area contributed by atoms with Crippen LogP contribution in [-0.2, 0) is 6.42 Å². The van der Waals surface area contributed by atoms with Crippen LogP contribution >= 0.6 is 15.9 Å². The summed E-state index contributed by atoms with van der Waals surface area (Å²) in [5, 5.41) is 3.46. The SMILES string of the molecule is CCc1nc(Br)cc(NC2CC=CCC2)n1. The molecule has 1 unspecified atom stereocenters. The highest BCUT2D eigenvalue weighted by Gasteiger charge is 2.10. The van der Waals surface area contributed by atoms with Gasteiger partial charge in [0.25, 0.3) is 0 Å². The molecule has 3 nitrogen and oxygen atoms in total. The average Bonchev–Trinajstić information content (AvgIpc) is 2.29. The zero-order valence-electron chi connectivity index (χ0n) is 9.41. The molecule has 2 rings (SSSR count). The van der Waals surface area contributed by atoms with Gasteiger partial charge in [-0.15, -0.1) is 0 Å². The third-order valence-corrected chi connectivity index (χ3v) is 3.08. The number of hydrogen-bond donors (Lipinski definition) is 1. The van der Waals surface area contributed by atoms with Gasteiger partial charge in [-0.05, 0) is 35.2 Å². The summed E-state index contributed by atoms with van der Waals surface area (Å²) in [7, 11) is 0. The lowest BCUT2D eigenvalue weighted by Crippen LogP contribution is -2.21. The van der Waals surface area contributed by atoms with E-state index in [0.29, 0.717) is 6.04 Å². The van der Waals surface area contributed by atoms with E-state index in [9.17, 15) is 0 Å². The van der Waals surface area contributed by atoms with Gasteiger partial charge in [0.15, 0.2) is 0 Å². The van der Waals surface area contributed by atoms with Gasteiger partial charge in [0.2, 0.25) is 0 Å². The Labute approximate surface area is 105 Å². The second-order valence-corrected chi connectivity index (χ2v) is 4.78. The standard InChI is InChI=1S/C12H16BrN3/c1-2-11-15-10(13)8-12(16-11)14-9-6-4-3-5-7-9/h3-4,8-9H,2,5-7H2,1H3,(H,14,15,16). The quantitative estimate of drug-likeness (QED) is 0.682. The normalized spacial score (nSPS) is 19.8. The summed E-state index contributed by atoms with van der Waals surface area (Å²) in [5.41, 5.74) is 0. The van der Waals surface area contributed by atoms with Crippen LogP contribution in [0.25, 0.3) is 0 Å². The van der Waals surface area contributed by atoms with E-state index < -0.39 is 0 Å². The Morgan fingerprint density at radius 3 is 3.00 bits per heavy atom. The molecule has 1 atom stereocenters. The maximum Gasteiger partial charge on any atom is 0.131 e. The van der Waals surface area contributed by atoms with E-state index in [1.807, 2.05) is 6.07 Å². The molecule has 0 spiro atoms. The van der Waals surface area contributed by atoms with Crippen molar-refractivity contribution in [3.8, 4) is 0 Å². The van der Waals surface area contributed by atoms with Crippen LogP contribution in [0.2, 0.25) is 0 Å². The summed E-state index contributed by atoms with van der Waals surface area (Å²) in [6.07, 6.45) is 8.76. The Balaban J connectivity index is 2.08. The molecule has 1 aliphatic rings. The first-order valence-electron chi connectivity index (χ1n) is 5.73. The first kappa shape index (κ1) is 11.6. The number of halogens is 1. The van der Waals surface area contributed by atoms with Crippen molar-refractivity contribution in [3.63, 3.8) is 0 Å². The van der Waals surface area contributed by atoms with E-state index >= 15 is 0 Å². The molecule has 0 saturated heterocycles. The van der Waals surface area contributed by atoms with Gasteiger partial charge in [0, 0.05) is 18.5 Å². The highest BCUT2D eigenvalue weighted by atomic mass is 79.9. The monoisotopic (exact) mass is 281 g/mol. The van der Waals surface area contributed by atoms with Gasteiger partial charge in [-0.25, -0.2) is 9.97 Å². The fraction of sp³-hybridized carbons (Fsp3) is 0.500. The predicted octanol–water partition coefficient (Wildman–Crippen LogP) is 3.32. The molecular weight excluding hydrogens is 266 g/mol. The Morgan fingerprint density at radius 1 is 1.44 bits per heavy atom. The first-order chi connectivity index (χ1) is 7.78. The lowest BCUT2D eigenvalue weighted by Gasteiger charge is -2.20. The molecule has 1 aliphatic carbocycles. The lowest BCUT2D eigenvalue weighted by atomic mass is 10.0. The summed E-state index contributed by atoms with van der Waals surface area (Å²) in [5.74, 6) is 1.81. The van der Waals surface area contributed by atoms with E-state index in [1.165, 1.54) is 6.42 Å². The number of nitrogens with zero attached hydrogens (tertiary/aromatic N) is 2. The van der Waals surface area contributed by atoms with Crippen LogP contribution in [0.1, 0.15) is 32.0 Å². The van der Waals surface area contributed by atoms with Crippen LogP contribution < -0.4 is 5.32 Å². The minimum atomic E-state index is 0.511. The van der Waals surface area contributed by atoms with Crippen molar-refractivity contribution in [1.29, 1.82) is 0 Å². The van der Waals surface area contributed by atoms with E-state index in [1.54, 1.807) is 0 Å². The fourth-order valence-electron chi connectivity index (χ4n) is 1.83. The van der Waals surface area contributed by atoms with Crippen LogP contribution in [0.15, 0.2) is 22.8 Å². The fourth-order valence-corrected chi connectivity index (χ4v) is 2.25. The van der Waals surface area contributed by atoms with Gasteiger partial charge in [-0.1, -0.05) is 19.1 Å². The number of allylic oxidation sites excluding steroid dienone is 1. The van der Waals surface area contributed by atoms with Crippen LogP contribution in [0.3, 0.4) is 0 Å². The summed E-state index contributed by atoms with van der Waals surface area (Å²) >= 11 is 3.41. The van der Waals surface area contributed by atoms with E-state index in [0.717, 1.165) is 35.5 Å². The Bertz CT molecular complexity index is 390. The zero-order chi connectivity index (χ0) is 11.4. The van der Waals surface area contributed by atoms with Crippen molar-refractivity contribution < 1.29 is 0 Å². The molecule has 4 heteroatoms. The molecule has 0 saturated carbocycles. The van der Waals surface area contributed by atoms with Crippen molar-refractivity contribution in [3.05, 3.63) is 28.6 Å². The van der Waals surface area contributed by atoms with Gasteiger partial charge < -0.3 is 5.32 Å². The van der Waals surface area contributed by atoms with Crippen LogP contribution in [-0.4, -0.2) is 16.0 Å². The van der Waals surface area contributed by atoms with E-state index in [-0.39, 0.29) is 0 Å². The molecule has 0 aliphatic heterocycles. The average molecular weight is 282 g/mol. The van der Waals surface area contributed by atoms with Crippen molar-refractivity contribution in [2.24, 2.45) is 0 Å². The van der Waals surface area contributed by atoms with Gasteiger partial charge in [-0.2, -0.15) is 0 Å². The molecule has 16 heavy (non-hydrogen) atoms. The predicted molar refractivity (Wildman–Crippen MR) is 69.5 cm³/mol. The Morgan fingerprint density at radius 2 is 2.31 bits per heavy atom. The third-order valence-electron chi connectivity index (χ3n) is 2.68. The largest absolute Gasteiger partial charge is 0.367 e. The molecule has 0 fully saturated rings. The highest BCUT2D eigenvalue weighted by molar-refractivity contribution is 9.10. The molecular formula is C12H16BrN3. The maximum atomic E-state index is 4.47. The molecule has 0 amide bonds. The maximum absolute atomic E-state index is 4.47. The van der Waals surface area contributed by atoms with Crippen LogP contribution in [0.4, 0.5) is 5.82 Å². The molecule has 0 bridgehead atoms. The number of aryl methyl sites for hydroxylation is 1. The van der Waals surface area contributed by atoms with Crippen LogP contribution in [0.5, 0.6) is 0 Å². The van der Waals surface area contributed by atoms with Crippen molar-refractivity contribution in [2.75, 3.05) is 5.32 Å². The minimum absolute atomic E-state index is 0.511. The number of anilines is 1. The smallest absolute Gasteiger partial charge is 0.131 e. The topological polar surface area (TPSA) is 37.8 Å². The second-order valence-electron chi connectivity index (χ2n) is 3.97. The Hall–Kier alpha value is -0.900. The van der Waals surface area contributed by atoms with Crippen LogP contribution in [0, 0.1) is 0 Å². The van der Waals surface area contributed by atoms with E-state index in [2.05, 4.69) is 50.3 Å². The number of aromatic nitrogens is 2. The van der Waals surface area contributed by atoms with Gasteiger partial charge in [-0.3, -0.25) is 0 Å². The molecule has 86 valence electrons. The van der Waals surface area contributed by atoms with E-state index in [4.69, 9.17) is 0 Å². The number of rotatable bonds is 3. The van der Waals surface area contributed by atoms with Crippen molar-refractivity contribution >= 4 is 21.7 Å². The second kappa shape index (κ2) is 5.43. The van der Waals surface area contributed by atoms with Gasteiger partial charge in [0.1, 0.15) is 16.2 Å². The van der Waals surface area contributed by atoms with Crippen molar-refractivity contribution in [2.45, 2.75) is 38.6 Å². The molecule has 1 aromatic rings. The molecule has 1 aromatic heterocycles. The van der Waals surface area contributed by atoms with Gasteiger partial charge >= 0.3 is 0 Å². The number of hydrogen-bond acceptors (Lipinski definition) is 3. The zero-order valence-corrected chi connectivity index (χ0v) is 11.0. The minimum Gasteiger partial charge on any atom is -0.367 e. The third kappa shape index (κ3) is 3.04. The first-order valence-corrected chi connectivity index (χ1v) is 6.52. The molecule has 0 aromatic carbocycles. The highest BCUT2D eigenvalue weighted by Crippen LogP contribution is 2.18. The molecule has 1 heterocycles. The molecule has 1 N–H and O–H groups in total. The van der Waals surface area contributed by atoms with Crippen molar-refractivity contribution in [1.82, 2.24) is 9.97 Å². The lowest BCUT2D eigenvalue weighted by molar-refractivity contribution is 0.641. The summed E-state index contributed by atoms with van der Waals surface area (Å²) in [6.45, 7) is 2.06. The summed E-state index contributed by atoms with van der Waals surface area (Å²) in [6, 6.07) is 2.45.